The van der Waals surface area contributed by atoms with Gasteiger partial charge in [0, 0.05) is 18.5 Å². The van der Waals surface area contributed by atoms with Crippen LogP contribution in [0.3, 0.4) is 0 Å². The summed E-state index contributed by atoms with van der Waals surface area (Å²) in [4.78, 5) is 9.43. The highest BCUT2D eigenvalue weighted by molar-refractivity contribution is 9.10. The molecule has 1 aromatic carbocycles. The number of rotatable bonds is 5. The third kappa shape index (κ3) is 3.01. The molecule has 1 N–H and O–H groups in total. The molecule has 1 aliphatic rings. The van der Waals surface area contributed by atoms with Gasteiger partial charge in [-0.2, -0.15) is 0 Å². The smallest absolute Gasteiger partial charge is 0.144 e. The van der Waals surface area contributed by atoms with Crippen LogP contribution in [0.1, 0.15) is 25.6 Å². The van der Waals surface area contributed by atoms with Crippen molar-refractivity contribution in [3.63, 3.8) is 0 Å². The van der Waals surface area contributed by atoms with Crippen molar-refractivity contribution in [3.05, 3.63) is 40.6 Å². The van der Waals surface area contributed by atoms with Crippen molar-refractivity contribution in [1.29, 1.82) is 0 Å². The van der Waals surface area contributed by atoms with Gasteiger partial charge in [0.15, 0.2) is 0 Å². The van der Waals surface area contributed by atoms with Crippen LogP contribution < -0.4 is 5.32 Å². The quantitative estimate of drug-likeness (QED) is 0.887. The van der Waals surface area contributed by atoms with Crippen molar-refractivity contribution in [2.24, 2.45) is 5.92 Å². The van der Waals surface area contributed by atoms with Gasteiger partial charge in [-0.1, -0.05) is 30.3 Å². The summed E-state index contributed by atoms with van der Waals surface area (Å²) in [5, 5.41) is 3.32. The highest BCUT2D eigenvalue weighted by Gasteiger charge is 2.24. The van der Waals surface area contributed by atoms with E-state index in [1.54, 1.807) is 0 Å². The van der Waals surface area contributed by atoms with Crippen LogP contribution >= 0.6 is 15.9 Å². The first-order chi connectivity index (χ1) is 9.78. The van der Waals surface area contributed by atoms with Crippen LogP contribution in [0.4, 0.5) is 5.82 Å². The predicted molar refractivity (Wildman–Crippen MR) is 85.8 cm³/mol. The molecule has 20 heavy (non-hydrogen) atoms. The molecule has 3 rings (SSSR count). The van der Waals surface area contributed by atoms with Crippen LogP contribution in [0.2, 0.25) is 0 Å². The zero-order valence-corrected chi connectivity index (χ0v) is 13.2. The van der Waals surface area contributed by atoms with Crippen molar-refractivity contribution < 1.29 is 0 Å². The Balaban J connectivity index is 2.03. The molecule has 2 aromatic rings. The predicted octanol–water partition coefficient (Wildman–Crippen LogP) is 4.29. The molecule has 4 heteroatoms. The largest absolute Gasteiger partial charge is 0.369 e. The Labute approximate surface area is 128 Å². The number of halogens is 1. The number of benzene rings is 1. The van der Waals surface area contributed by atoms with E-state index in [-0.39, 0.29) is 0 Å². The number of hydrogen-bond acceptors (Lipinski definition) is 3. The molecule has 0 spiro atoms. The van der Waals surface area contributed by atoms with E-state index >= 15 is 0 Å². The molecular weight excluding hydrogens is 314 g/mol. The van der Waals surface area contributed by atoms with Crippen LogP contribution in [0.15, 0.2) is 34.8 Å². The maximum Gasteiger partial charge on any atom is 0.144 e. The molecule has 0 aliphatic heterocycles. The molecule has 0 unspecified atom stereocenters. The third-order valence-corrected chi connectivity index (χ3v) is 4.21. The lowest BCUT2D eigenvalue weighted by atomic mass is 10.1. The van der Waals surface area contributed by atoms with Crippen LogP contribution in [0, 0.1) is 5.92 Å². The van der Waals surface area contributed by atoms with Crippen molar-refractivity contribution in [2.45, 2.75) is 26.2 Å². The van der Waals surface area contributed by atoms with Crippen LogP contribution in [-0.2, 0) is 6.42 Å². The number of nitrogens with one attached hydrogen (secondary N) is 1. The van der Waals surface area contributed by atoms with Gasteiger partial charge in [-0.25, -0.2) is 9.97 Å². The molecule has 3 nitrogen and oxygen atoms in total. The summed E-state index contributed by atoms with van der Waals surface area (Å²) in [6, 6.07) is 10.3. The molecule has 0 amide bonds. The minimum absolute atomic E-state index is 0.786. The van der Waals surface area contributed by atoms with Crippen molar-refractivity contribution in [2.75, 3.05) is 11.9 Å². The van der Waals surface area contributed by atoms with Gasteiger partial charge in [0.05, 0.1) is 10.2 Å². The minimum Gasteiger partial charge on any atom is -0.369 e. The summed E-state index contributed by atoms with van der Waals surface area (Å²) in [7, 11) is 0. The van der Waals surface area contributed by atoms with E-state index in [1.807, 2.05) is 18.2 Å². The lowest BCUT2D eigenvalue weighted by molar-refractivity contribution is 0.770. The third-order valence-electron chi connectivity index (χ3n) is 3.46. The average Bonchev–Trinajstić information content (AvgIpc) is 3.27. The molecule has 0 radical (unpaired) electrons. The van der Waals surface area contributed by atoms with E-state index in [1.165, 1.54) is 12.8 Å². The standard InChI is InChI=1S/C16H18BrN3/c1-2-18-16-14(17)15(12-6-4-3-5-7-12)19-13(20-16)10-11-8-9-11/h3-7,11H,2,8-10H2,1H3,(H,18,19,20). The molecule has 1 heterocycles. The maximum absolute atomic E-state index is 4.77. The fourth-order valence-corrected chi connectivity index (χ4v) is 2.78. The first-order valence-electron chi connectivity index (χ1n) is 7.13. The number of hydrogen-bond donors (Lipinski definition) is 1. The van der Waals surface area contributed by atoms with Crippen molar-refractivity contribution in [3.8, 4) is 11.3 Å². The zero-order chi connectivity index (χ0) is 13.9. The molecule has 1 aromatic heterocycles. The van der Waals surface area contributed by atoms with E-state index < -0.39 is 0 Å². The fraction of sp³-hybridized carbons (Fsp3) is 0.375. The Kier molecular flexibility index (Phi) is 4.01. The van der Waals surface area contributed by atoms with Gasteiger partial charge in [0.1, 0.15) is 11.6 Å². The first-order valence-corrected chi connectivity index (χ1v) is 7.93. The summed E-state index contributed by atoms with van der Waals surface area (Å²) in [5.74, 6) is 2.64. The SMILES string of the molecule is CCNc1nc(CC2CC2)nc(-c2ccccc2)c1Br. The van der Waals surface area contributed by atoms with Gasteiger partial charge in [-0.3, -0.25) is 0 Å². The van der Waals surface area contributed by atoms with Gasteiger partial charge in [0.2, 0.25) is 0 Å². The Bertz CT molecular complexity index is 594. The molecule has 0 saturated heterocycles. The Hall–Kier alpha value is -1.42. The molecular formula is C16H18BrN3. The highest BCUT2D eigenvalue weighted by Crippen LogP contribution is 2.35. The lowest BCUT2D eigenvalue weighted by Gasteiger charge is -2.12. The second-order valence-electron chi connectivity index (χ2n) is 5.19. The van der Waals surface area contributed by atoms with E-state index in [4.69, 9.17) is 4.98 Å². The van der Waals surface area contributed by atoms with E-state index in [2.05, 4.69) is 45.3 Å². The second kappa shape index (κ2) is 5.92. The van der Waals surface area contributed by atoms with Crippen LogP contribution in [0.25, 0.3) is 11.3 Å². The molecule has 1 aliphatic carbocycles. The Morgan fingerprint density at radius 2 is 1.95 bits per heavy atom. The monoisotopic (exact) mass is 331 g/mol. The van der Waals surface area contributed by atoms with Gasteiger partial charge >= 0.3 is 0 Å². The summed E-state index contributed by atoms with van der Waals surface area (Å²) >= 11 is 3.65. The minimum atomic E-state index is 0.786. The lowest BCUT2D eigenvalue weighted by Crippen LogP contribution is -2.07. The number of anilines is 1. The van der Waals surface area contributed by atoms with Crippen molar-refractivity contribution in [1.82, 2.24) is 9.97 Å². The second-order valence-corrected chi connectivity index (χ2v) is 5.99. The van der Waals surface area contributed by atoms with Crippen LogP contribution in [-0.4, -0.2) is 16.5 Å². The average molecular weight is 332 g/mol. The van der Waals surface area contributed by atoms with Gasteiger partial charge < -0.3 is 5.32 Å². The van der Waals surface area contributed by atoms with E-state index in [9.17, 15) is 0 Å². The van der Waals surface area contributed by atoms with Gasteiger partial charge in [-0.15, -0.1) is 0 Å². The van der Waals surface area contributed by atoms with Gasteiger partial charge in [0.25, 0.3) is 0 Å². The molecule has 1 saturated carbocycles. The first kappa shape index (κ1) is 13.6. The van der Waals surface area contributed by atoms with Crippen LogP contribution in [0.5, 0.6) is 0 Å². The van der Waals surface area contributed by atoms with Crippen molar-refractivity contribution >= 4 is 21.7 Å². The molecule has 0 bridgehead atoms. The Morgan fingerprint density at radius 3 is 2.60 bits per heavy atom. The number of nitrogens with zero attached hydrogens (tertiary/aromatic N) is 2. The summed E-state index contributed by atoms with van der Waals surface area (Å²) < 4.78 is 0.949. The maximum atomic E-state index is 4.77. The summed E-state index contributed by atoms with van der Waals surface area (Å²) in [6.07, 6.45) is 3.62. The summed E-state index contributed by atoms with van der Waals surface area (Å²) in [6.45, 7) is 2.93. The summed E-state index contributed by atoms with van der Waals surface area (Å²) in [5.41, 5.74) is 2.10. The normalized spacial score (nSPS) is 14.3. The zero-order valence-electron chi connectivity index (χ0n) is 11.6. The highest BCUT2D eigenvalue weighted by atomic mass is 79.9. The topological polar surface area (TPSA) is 37.8 Å². The van der Waals surface area contributed by atoms with E-state index in [0.29, 0.717) is 0 Å². The number of aromatic nitrogens is 2. The van der Waals surface area contributed by atoms with Gasteiger partial charge in [-0.05, 0) is 41.6 Å². The Morgan fingerprint density at radius 1 is 1.20 bits per heavy atom. The van der Waals surface area contributed by atoms with E-state index in [0.717, 1.165) is 46.3 Å². The molecule has 104 valence electrons. The fourth-order valence-electron chi connectivity index (χ4n) is 2.24. The molecule has 0 atom stereocenters. The molecule has 1 fully saturated rings.